The molecule has 0 aliphatic rings. The Balaban J connectivity index is 2.30. The van der Waals surface area contributed by atoms with Crippen molar-refractivity contribution in [1.82, 2.24) is 10.3 Å². The van der Waals surface area contributed by atoms with Crippen LogP contribution in [-0.2, 0) is 0 Å². The van der Waals surface area contributed by atoms with Crippen LogP contribution in [-0.4, -0.2) is 16.9 Å². The minimum absolute atomic E-state index is 0.00477. The van der Waals surface area contributed by atoms with Crippen molar-refractivity contribution in [3.63, 3.8) is 0 Å². The summed E-state index contributed by atoms with van der Waals surface area (Å²) in [6, 6.07) is 2.19. The van der Waals surface area contributed by atoms with Crippen LogP contribution in [0.3, 0.4) is 0 Å². The van der Waals surface area contributed by atoms with Crippen molar-refractivity contribution in [2.45, 2.75) is 32.7 Å². The Hall–Kier alpha value is -0.940. The highest BCUT2D eigenvalue weighted by atomic mass is 79.9. The first-order valence-corrected chi connectivity index (χ1v) is 7.66. The third-order valence-electron chi connectivity index (χ3n) is 2.96. The number of rotatable bonds is 4. The largest absolute Gasteiger partial charge is 0.349 e. The number of pyridine rings is 1. The molecule has 2 rings (SSSR count). The number of hydrogen-bond donors (Lipinski definition) is 1. The van der Waals surface area contributed by atoms with E-state index in [1.165, 1.54) is 11.3 Å². The van der Waals surface area contributed by atoms with Gasteiger partial charge in [-0.25, -0.2) is 4.98 Å². The highest BCUT2D eigenvalue weighted by Gasteiger charge is 2.15. The molecule has 1 N–H and O–H groups in total. The average molecular weight is 327 g/mol. The summed E-state index contributed by atoms with van der Waals surface area (Å²) >= 11 is 4.89. The molecule has 0 bridgehead atoms. The fraction of sp³-hybridized carbons (Fsp3) is 0.385. The third kappa shape index (κ3) is 2.72. The van der Waals surface area contributed by atoms with Crippen molar-refractivity contribution >= 4 is 43.4 Å². The number of nitrogens with zero attached hydrogens (tertiary/aromatic N) is 1. The molecule has 0 aliphatic heterocycles. The zero-order chi connectivity index (χ0) is 13.1. The van der Waals surface area contributed by atoms with Crippen molar-refractivity contribution < 1.29 is 4.79 Å². The van der Waals surface area contributed by atoms with Gasteiger partial charge >= 0.3 is 0 Å². The summed E-state index contributed by atoms with van der Waals surface area (Å²) < 4.78 is 0.894. The lowest BCUT2D eigenvalue weighted by atomic mass is 10.1. The normalized spacial score (nSPS) is 11.1. The second kappa shape index (κ2) is 5.80. The zero-order valence-corrected chi connectivity index (χ0v) is 12.8. The van der Waals surface area contributed by atoms with Crippen LogP contribution in [0.1, 0.15) is 37.0 Å². The molecule has 0 fully saturated rings. The smallest absolute Gasteiger partial charge is 0.253 e. The minimum Gasteiger partial charge on any atom is -0.349 e. The van der Waals surface area contributed by atoms with Crippen LogP contribution in [0, 0.1) is 0 Å². The first kappa shape index (κ1) is 13.5. The first-order valence-electron chi connectivity index (χ1n) is 5.99. The average Bonchev–Trinajstić information content (AvgIpc) is 2.78. The maximum absolute atomic E-state index is 12.2. The van der Waals surface area contributed by atoms with Gasteiger partial charge in [0.15, 0.2) is 0 Å². The SMILES string of the molecule is CCC(CC)NC(=O)c1csc2ncc(Br)cc12. The fourth-order valence-electron chi connectivity index (χ4n) is 1.82. The second-order valence-corrected chi connectivity index (χ2v) is 5.92. The van der Waals surface area contributed by atoms with Crippen molar-refractivity contribution in [1.29, 1.82) is 0 Å². The van der Waals surface area contributed by atoms with Crippen LogP contribution in [0.25, 0.3) is 10.2 Å². The van der Waals surface area contributed by atoms with Crippen molar-refractivity contribution in [3.05, 3.63) is 27.7 Å². The highest BCUT2D eigenvalue weighted by molar-refractivity contribution is 9.10. The van der Waals surface area contributed by atoms with E-state index in [0.29, 0.717) is 0 Å². The maximum Gasteiger partial charge on any atom is 0.253 e. The number of carbonyl (C=O) groups excluding carboxylic acids is 1. The van der Waals surface area contributed by atoms with Crippen molar-refractivity contribution in [2.75, 3.05) is 0 Å². The van der Waals surface area contributed by atoms with Gasteiger partial charge in [-0.3, -0.25) is 4.79 Å². The summed E-state index contributed by atoms with van der Waals surface area (Å²) in [6.45, 7) is 4.16. The van der Waals surface area contributed by atoms with Gasteiger partial charge in [0, 0.05) is 27.5 Å². The number of nitrogens with one attached hydrogen (secondary N) is 1. The number of aromatic nitrogens is 1. The summed E-state index contributed by atoms with van der Waals surface area (Å²) in [4.78, 5) is 17.4. The Morgan fingerprint density at radius 2 is 2.22 bits per heavy atom. The summed E-state index contributed by atoms with van der Waals surface area (Å²) in [5, 5.41) is 5.85. The lowest BCUT2D eigenvalue weighted by molar-refractivity contribution is 0.0937. The Kier molecular flexibility index (Phi) is 4.35. The number of thiophene rings is 1. The van der Waals surface area contributed by atoms with Crippen molar-refractivity contribution in [3.8, 4) is 0 Å². The maximum atomic E-state index is 12.2. The summed E-state index contributed by atoms with van der Waals surface area (Å²) in [5.41, 5.74) is 0.718. The Bertz CT molecular complexity index is 563. The fourth-order valence-corrected chi connectivity index (χ4v) is 3.03. The molecule has 0 radical (unpaired) electrons. The molecule has 3 nitrogen and oxygen atoms in total. The van der Waals surface area contributed by atoms with Gasteiger partial charge in [0.2, 0.25) is 0 Å². The number of carbonyl (C=O) groups is 1. The predicted octanol–water partition coefficient (Wildman–Crippen LogP) is 3.98. The number of hydrogen-bond acceptors (Lipinski definition) is 3. The number of fused-ring (bicyclic) bond motifs is 1. The van der Waals surface area contributed by atoms with Gasteiger partial charge in [-0.15, -0.1) is 11.3 Å². The molecular formula is C13H15BrN2OS. The summed E-state index contributed by atoms with van der Waals surface area (Å²) in [5.74, 6) is -0.00477. The lowest BCUT2D eigenvalue weighted by Crippen LogP contribution is -2.33. The van der Waals surface area contributed by atoms with Gasteiger partial charge < -0.3 is 5.32 Å². The minimum atomic E-state index is -0.00477. The van der Waals surface area contributed by atoms with Crippen molar-refractivity contribution in [2.24, 2.45) is 0 Å². The Morgan fingerprint density at radius 3 is 2.89 bits per heavy atom. The van der Waals surface area contributed by atoms with E-state index < -0.39 is 0 Å². The van der Waals surface area contributed by atoms with Gasteiger partial charge in [-0.05, 0) is 34.8 Å². The molecule has 0 saturated heterocycles. The highest BCUT2D eigenvalue weighted by Crippen LogP contribution is 2.26. The molecule has 18 heavy (non-hydrogen) atoms. The molecule has 5 heteroatoms. The lowest BCUT2D eigenvalue weighted by Gasteiger charge is -2.14. The monoisotopic (exact) mass is 326 g/mol. The number of amides is 1. The second-order valence-electron chi connectivity index (χ2n) is 4.14. The Morgan fingerprint density at radius 1 is 1.50 bits per heavy atom. The van der Waals surface area contributed by atoms with Crippen LogP contribution in [0.4, 0.5) is 0 Å². The van der Waals surface area contributed by atoms with Gasteiger partial charge in [-0.1, -0.05) is 13.8 Å². The van der Waals surface area contributed by atoms with Crippen LogP contribution < -0.4 is 5.32 Å². The molecule has 0 unspecified atom stereocenters. The molecule has 2 aromatic heterocycles. The van der Waals surface area contributed by atoms with Gasteiger partial charge in [0.25, 0.3) is 5.91 Å². The standard InChI is InChI=1S/C13H15BrN2OS/c1-3-9(4-2)16-12(17)11-7-18-13-10(11)5-8(14)6-15-13/h5-7,9H,3-4H2,1-2H3,(H,16,17). The molecule has 1 amide bonds. The van der Waals surface area contributed by atoms with Crippen LogP contribution in [0.15, 0.2) is 22.1 Å². The van der Waals surface area contributed by atoms with Gasteiger partial charge in [0.1, 0.15) is 4.83 Å². The van der Waals surface area contributed by atoms with E-state index in [2.05, 4.69) is 40.1 Å². The van der Waals surface area contributed by atoms with E-state index in [9.17, 15) is 4.79 Å². The Labute approximate surface area is 119 Å². The molecule has 0 aliphatic carbocycles. The molecule has 0 atom stereocenters. The zero-order valence-electron chi connectivity index (χ0n) is 10.4. The summed E-state index contributed by atoms with van der Waals surface area (Å²) in [6.07, 6.45) is 3.65. The summed E-state index contributed by atoms with van der Waals surface area (Å²) in [7, 11) is 0. The molecule has 2 heterocycles. The molecule has 2 aromatic rings. The third-order valence-corrected chi connectivity index (χ3v) is 4.30. The van der Waals surface area contributed by atoms with Crippen LogP contribution in [0.5, 0.6) is 0 Å². The van der Waals surface area contributed by atoms with Gasteiger partial charge in [-0.2, -0.15) is 0 Å². The number of halogens is 1. The van der Waals surface area contributed by atoms with Gasteiger partial charge in [0.05, 0.1) is 5.56 Å². The van der Waals surface area contributed by atoms with E-state index in [-0.39, 0.29) is 11.9 Å². The van der Waals surface area contributed by atoms with E-state index >= 15 is 0 Å². The quantitative estimate of drug-likeness (QED) is 0.923. The molecule has 0 aromatic carbocycles. The topological polar surface area (TPSA) is 42.0 Å². The van der Waals surface area contributed by atoms with Crippen LogP contribution >= 0.6 is 27.3 Å². The van der Waals surface area contributed by atoms with E-state index in [4.69, 9.17) is 0 Å². The molecule has 0 saturated carbocycles. The van der Waals surface area contributed by atoms with E-state index in [0.717, 1.165) is 33.1 Å². The first-order chi connectivity index (χ1) is 8.65. The van der Waals surface area contributed by atoms with Crippen LogP contribution in [0.2, 0.25) is 0 Å². The molecular weight excluding hydrogens is 312 g/mol. The molecule has 0 spiro atoms. The van der Waals surface area contributed by atoms with E-state index in [1.807, 2.05) is 11.4 Å². The predicted molar refractivity (Wildman–Crippen MR) is 79.2 cm³/mol. The molecule has 96 valence electrons. The van der Waals surface area contributed by atoms with E-state index in [1.54, 1.807) is 6.20 Å².